The van der Waals surface area contributed by atoms with E-state index in [1.807, 2.05) is 18.7 Å². The van der Waals surface area contributed by atoms with Crippen molar-refractivity contribution < 1.29 is 13.2 Å². The summed E-state index contributed by atoms with van der Waals surface area (Å²) in [6, 6.07) is -0.0882. The van der Waals surface area contributed by atoms with Crippen molar-refractivity contribution >= 4 is 15.7 Å². The lowest BCUT2D eigenvalue weighted by Gasteiger charge is -2.31. The maximum Gasteiger partial charge on any atom is 0.224 e. The third-order valence-electron chi connectivity index (χ3n) is 3.23. The summed E-state index contributed by atoms with van der Waals surface area (Å²) in [6.07, 6.45) is 0.268. The number of sulfone groups is 1. The lowest BCUT2D eigenvalue weighted by Crippen LogP contribution is -2.49. The molecule has 1 N–H and O–H groups in total. The van der Waals surface area contributed by atoms with Crippen molar-refractivity contribution in [2.75, 3.05) is 24.6 Å². The molecule has 1 unspecified atom stereocenters. The molecule has 19 heavy (non-hydrogen) atoms. The largest absolute Gasteiger partial charge is 0.340 e. The van der Waals surface area contributed by atoms with Crippen LogP contribution >= 0.6 is 0 Å². The molecular formula is C13H26N2O3S. The van der Waals surface area contributed by atoms with Crippen molar-refractivity contribution in [3.8, 4) is 0 Å². The zero-order valence-corrected chi connectivity index (χ0v) is 13.2. The molecule has 0 aliphatic carbocycles. The van der Waals surface area contributed by atoms with Crippen LogP contribution in [0.5, 0.6) is 0 Å². The van der Waals surface area contributed by atoms with Gasteiger partial charge in [0, 0.05) is 31.6 Å². The number of carbonyl (C=O) groups is 1. The van der Waals surface area contributed by atoms with Crippen LogP contribution in [-0.2, 0) is 14.6 Å². The second kappa shape index (κ2) is 6.70. The van der Waals surface area contributed by atoms with E-state index in [0.29, 0.717) is 12.5 Å². The molecule has 0 spiro atoms. The lowest BCUT2D eigenvalue weighted by atomic mass is 10.1. The highest BCUT2D eigenvalue weighted by atomic mass is 32.2. The molecule has 112 valence electrons. The van der Waals surface area contributed by atoms with Gasteiger partial charge in [-0.3, -0.25) is 4.79 Å². The minimum Gasteiger partial charge on any atom is -0.340 e. The fourth-order valence-corrected chi connectivity index (χ4v) is 3.76. The molecule has 6 heteroatoms. The molecule has 1 atom stereocenters. The second-order valence-corrected chi connectivity index (χ2v) is 8.23. The fourth-order valence-electron chi connectivity index (χ4n) is 2.32. The molecule has 0 aromatic rings. The van der Waals surface area contributed by atoms with Gasteiger partial charge in [-0.25, -0.2) is 8.42 Å². The van der Waals surface area contributed by atoms with E-state index in [1.54, 1.807) is 0 Å². The average molecular weight is 290 g/mol. The zero-order chi connectivity index (χ0) is 14.6. The Bertz CT molecular complexity index is 404. The molecule has 0 saturated carbocycles. The van der Waals surface area contributed by atoms with Crippen LogP contribution in [0.2, 0.25) is 0 Å². The second-order valence-electron chi connectivity index (χ2n) is 6.00. The van der Waals surface area contributed by atoms with E-state index in [0.717, 1.165) is 6.54 Å². The molecule has 1 aliphatic rings. The predicted octanol–water partition coefficient (Wildman–Crippen LogP) is 0.656. The minimum atomic E-state index is -2.98. The highest BCUT2D eigenvalue weighted by molar-refractivity contribution is 7.91. The molecular weight excluding hydrogens is 264 g/mol. The summed E-state index contributed by atoms with van der Waals surface area (Å²) in [5.74, 6) is 0.705. The van der Waals surface area contributed by atoms with Crippen LogP contribution in [0.3, 0.4) is 0 Å². The monoisotopic (exact) mass is 290 g/mol. The molecule has 1 aliphatic heterocycles. The molecule has 0 bridgehead atoms. The van der Waals surface area contributed by atoms with E-state index in [1.165, 1.54) is 0 Å². The van der Waals surface area contributed by atoms with Gasteiger partial charge in [0.15, 0.2) is 9.84 Å². The molecule has 0 radical (unpaired) electrons. The Morgan fingerprint density at radius 2 is 1.95 bits per heavy atom. The molecule has 1 amide bonds. The molecule has 0 aromatic heterocycles. The maximum absolute atomic E-state index is 12.3. The first-order valence-electron chi connectivity index (χ1n) is 6.94. The van der Waals surface area contributed by atoms with Gasteiger partial charge in [0.1, 0.15) is 0 Å². The van der Waals surface area contributed by atoms with Gasteiger partial charge in [0.05, 0.1) is 11.5 Å². The van der Waals surface area contributed by atoms with Crippen molar-refractivity contribution in [1.82, 2.24) is 10.2 Å². The summed E-state index contributed by atoms with van der Waals surface area (Å²) in [5, 5.41) is 3.13. The van der Waals surface area contributed by atoms with Crippen molar-refractivity contribution in [2.24, 2.45) is 5.92 Å². The van der Waals surface area contributed by atoms with Gasteiger partial charge in [-0.05, 0) is 19.8 Å². The molecule has 1 saturated heterocycles. The van der Waals surface area contributed by atoms with Crippen LogP contribution in [0.4, 0.5) is 0 Å². The molecule has 1 fully saturated rings. The summed E-state index contributed by atoms with van der Waals surface area (Å²) in [5.41, 5.74) is 0. The van der Waals surface area contributed by atoms with E-state index >= 15 is 0 Å². The third-order valence-corrected chi connectivity index (χ3v) is 4.96. The number of nitrogens with one attached hydrogen (secondary N) is 1. The molecule has 0 aromatic carbocycles. The van der Waals surface area contributed by atoms with Crippen molar-refractivity contribution in [3.05, 3.63) is 0 Å². The third kappa shape index (κ3) is 5.48. The van der Waals surface area contributed by atoms with E-state index in [9.17, 15) is 13.2 Å². The van der Waals surface area contributed by atoms with E-state index < -0.39 is 9.84 Å². The van der Waals surface area contributed by atoms with Crippen molar-refractivity contribution in [2.45, 2.75) is 46.2 Å². The Hall–Kier alpha value is -0.620. The highest BCUT2D eigenvalue weighted by Crippen LogP contribution is 2.11. The van der Waals surface area contributed by atoms with Gasteiger partial charge in [-0.2, -0.15) is 0 Å². The average Bonchev–Trinajstić information content (AvgIpc) is 2.23. The Kier molecular flexibility index (Phi) is 5.80. The van der Waals surface area contributed by atoms with E-state index in [2.05, 4.69) is 19.2 Å². The van der Waals surface area contributed by atoms with Crippen molar-refractivity contribution in [3.63, 3.8) is 0 Å². The van der Waals surface area contributed by atoms with Crippen LogP contribution in [0.15, 0.2) is 0 Å². The van der Waals surface area contributed by atoms with Crippen LogP contribution < -0.4 is 5.32 Å². The Morgan fingerprint density at radius 1 is 1.32 bits per heavy atom. The zero-order valence-electron chi connectivity index (χ0n) is 12.3. The summed E-state index contributed by atoms with van der Waals surface area (Å²) >= 11 is 0. The van der Waals surface area contributed by atoms with Crippen LogP contribution in [0, 0.1) is 5.92 Å². The van der Waals surface area contributed by atoms with Crippen LogP contribution in [-0.4, -0.2) is 55.9 Å². The van der Waals surface area contributed by atoms with Crippen LogP contribution in [0.1, 0.15) is 34.1 Å². The normalized spacial score (nSPS) is 22.7. The van der Waals surface area contributed by atoms with Gasteiger partial charge in [-0.1, -0.05) is 13.8 Å². The van der Waals surface area contributed by atoms with Gasteiger partial charge >= 0.3 is 0 Å². The van der Waals surface area contributed by atoms with E-state index in [4.69, 9.17) is 0 Å². The molecule has 1 heterocycles. The fraction of sp³-hybridized carbons (Fsp3) is 0.923. The van der Waals surface area contributed by atoms with E-state index in [-0.39, 0.29) is 35.9 Å². The number of hydrogen-bond acceptors (Lipinski definition) is 4. The summed E-state index contributed by atoms with van der Waals surface area (Å²) in [4.78, 5) is 14.1. The smallest absolute Gasteiger partial charge is 0.224 e. The number of carbonyl (C=O) groups excluding carboxylic acids is 1. The van der Waals surface area contributed by atoms with Crippen LogP contribution in [0.25, 0.3) is 0 Å². The molecule has 1 rings (SSSR count). The first-order valence-corrected chi connectivity index (χ1v) is 8.76. The van der Waals surface area contributed by atoms with Crippen molar-refractivity contribution in [1.29, 1.82) is 0 Å². The maximum atomic E-state index is 12.3. The number of rotatable bonds is 5. The first-order chi connectivity index (χ1) is 8.71. The topological polar surface area (TPSA) is 66.5 Å². The van der Waals surface area contributed by atoms with Gasteiger partial charge in [0.25, 0.3) is 0 Å². The Labute approximate surface area is 116 Å². The highest BCUT2D eigenvalue weighted by Gasteiger charge is 2.28. The van der Waals surface area contributed by atoms with Gasteiger partial charge < -0.3 is 10.2 Å². The molecule has 5 nitrogen and oxygen atoms in total. The minimum absolute atomic E-state index is 0.0401. The lowest BCUT2D eigenvalue weighted by molar-refractivity contribution is -0.133. The van der Waals surface area contributed by atoms with Gasteiger partial charge in [-0.15, -0.1) is 0 Å². The van der Waals surface area contributed by atoms with Gasteiger partial charge in [0.2, 0.25) is 5.91 Å². The summed E-state index contributed by atoms with van der Waals surface area (Å²) in [6.45, 7) is 9.30. The number of hydrogen-bond donors (Lipinski definition) is 1. The Balaban J connectivity index is 2.61. The predicted molar refractivity (Wildman–Crippen MR) is 76.7 cm³/mol. The summed E-state index contributed by atoms with van der Waals surface area (Å²) in [7, 11) is -2.98. The summed E-state index contributed by atoms with van der Waals surface area (Å²) < 4.78 is 23.1. The SMILES string of the molecule is CC(C)CN(C(=O)CC1CS(=O)(=O)CCN1)C(C)C. The standard InChI is InChI=1S/C13H26N2O3S/c1-10(2)8-15(11(3)4)13(16)7-12-9-19(17,18)6-5-14-12/h10-12,14H,5-9H2,1-4H3. The number of amides is 1. The first kappa shape index (κ1) is 16.4. The quantitative estimate of drug-likeness (QED) is 0.807. The number of nitrogens with zero attached hydrogens (tertiary/aromatic N) is 1. The Morgan fingerprint density at radius 3 is 2.42 bits per heavy atom.